The van der Waals surface area contributed by atoms with Gasteiger partial charge in [-0.3, -0.25) is 0 Å². The molecule has 94 valence electrons. The SMILES string of the molecule is Cn1ccnc1CNc1ncc(C(=O)O)cc1Cl. The molecule has 0 aliphatic carbocycles. The number of anilines is 1. The Morgan fingerprint density at radius 1 is 1.56 bits per heavy atom. The fraction of sp³-hybridized carbons (Fsp3) is 0.182. The van der Waals surface area contributed by atoms with E-state index in [-0.39, 0.29) is 10.6 Å². The highest BCUT2D eigenvalue weighted by atomic mass is 35.5. The lowest BCUT2D eigenvalue weighted by atomic mass is 10.3. The predicted octanol–water partition coefficient (Wildman–Crippen LogP) is 1.78. The van der Waals surface area contributed by atoms with Gasteiger partial charge in [0.25, 0.3) is 0 Å². The van der Waals surface area contributed by atoms with Gasteiger partial charge in [-0.15, -0.1) is 0 Å². The quantitative estimate of drug-likeness (QED) is 0.882. The Balaban J connectivity index is 2.11. The van der Waals surface area contributed by atoms with Crippen LogP contribution in [0.25, 0.3) is 0 Å². The monoisotopic (exact) mass is 266 g/mol. The lowest BCUT2D eigenvalue weighted by molar-refractivity contribution is 0.0696. The summed E-state index contributed by atoms with van der Waals surface area (Å²) in [6.07, 6.45) is 4.79. The fourth-order valence-corrected chi connectivity index (χ4v) is 1.65. The van der Waals surface area contributed by atoms with Gasteiger partial charge in [-0.05, 0) is 6.07 Å². The summed E-state index contributed by atoms with van der Waals surface area (Å²) in [6, 6.07) is 1.36. The molecule has 2 aromatic rings. The first kappa shape index (κ1) is 12.4. The number of aromatic nitrogens is 3. The van der Waals surface area contributed by atoms with Crippen LogP contribution in [0, 0.1) is 0 Å². The number of carboxylic acid groups (broad SMARTS) is 1. The topological polar surface area (TPSA) is 80.0 Å². The molecule has 0 bridgehead atoms. The zero-order chi connectivity index (χ0) is 13.1. The van der Waals surface area contributed by atoms with E-state index >= 15 is 0 Å². The first-order valence-electron chi connectivity index (χ1n) is 5.17. The van der Waals surface area contributed by atoms with E-state index in [0.717, 1.165) is 5.82 Å². The van der Waals surface area contributed by atoms with Crippen LogP contribution in [0.15, 0.2) is 24.7 Å². The zero-order valence-electron chi connectivity index (χ0n) is 9.59. The Bertz CT molecular complexity index is 582. The summed E-state index contributed by atoms with van der Waals surface area (Å²) in [6.45, 7) is 0.461. The summed E-state index contributed by atoms with van der Waals surface area (Å²) in [5.41, 5.74) is 0.0579. The number of carboxylic acids is 1. The maximum absolute atomic E-state index is 10.7. The third-order valence-electron chi connectivity index (χ3n) is 2.42. The van der Waals surface area contributed by atoms with Crippen LogP contribution in [0.1, 0.15) is 16.2 Å². The van der Waals surface area contributed by atoms with E-state index in [1.807, 2.05) is 17.8 Å². The summed E-state index contributed by atoms with van der Waals surface area (Å²) in [5.74, 6) is 0.208. The molecule has 6 nitrogen and oxygen atoms in total. The van der Waals surface area contributed by atoms with Gasteiger partial charge in [-0.25, -0.2) is 14.8 Å². The third kappa shape index (κ3) is 2.60. The molecule has 0 fully saturated rings. The van der Waals surface area contributed by atoms with Crippen LogP contribution in [0.2, 0.25) is 5.02 Å². The molecular formula is C11H11ClN4O2. The highest BCUT2D eigenvalue weighted by Crippen LogP contribution is 2.20. The van der Waals surface area contributed by atoms with Crippen molar-refractivity contribution in [3.05, 3.63) is 41.1 Å². The maximum Gasteiger partial charge on any atom is 0.337 e. The Kier molecular flexibility index (Phi) is 3.47. The molecule has 2 N–H and O–H groups in total. The lowest BCUT2D eigenvalue weighted by Gasteiger charge is -2.07. The molecule has 0 aliphatic rings. The van der Waals surface area contributed by atoms with E-state index in [4.69, 9.17) is 16.7 Å². The molecule has 0 spiro atoms. The standard InChI is InChI=1S/C11H11ClN4O2/c1-16-3-2-13-9(16)6-15-10-8(12)4-7(5-14-10)11(17)18/h2-5H,6H2,1H3,(H,14,15)(H,17,18). The van der Waals surface area contributed by atoms with E-state index < -0.39 is 5.97 Å². The number of nitrogens with one attached hydrogen (secondary N) is 1. The van der Waals surface area contributed by atoms with Crippen LogP contribution < -0.4 is 5.32 Å². The largest absolute Gasteiger partial charge is 0.478 e. The van der Waals surface area contributed by atoms with Crippen molar-refractivity contribution in [3.8, 4) is 0 Å². The van der Waals surface area contributed by atoms with Gasteiger partial charge in [-0.1, -0.05) is 11.6 Å². The molecule has 2 aromatic heterocycles. The summed E-state index contributed by atoms with van der Waals surface area (Å²) >= 11 is 5.94. The number of aromatic carboxylic acids is 1. The molecule has 2 heterocycles. The van der Waals surface area contributed by atoms with Gasteiger partial charge in [-0.2, -0.15) is 0 Å². The Morgan fingerprint density at radius 3 is 2.89 bits per heavy atom. The van der Waals surface area contributed by atoms with E-state index in [1.165, 1.54) is 12.3 Å². The number of carbonyl (C=O) groups is 1. The molecule has 0 atom stereocenters. The number of rotatable bonds is 4. The minimum atomic E-state index is -1.06. The van der Waals surface area contributed by atoms with Crippen LogP contribution in [0.4, 0.5) is 5.82 Å². The van der Waals surface area contributed by atoms with Crippen LogP contribution >= 0.6 is 11.6 Å². The molecule has 0 saturated heterocycles. The van der Waals surface area contributed by atoms with E-state index in [0.29, 0.717) is 12.4 Å². The molecule has 0 radical (unpaired) electrons. The predicted molar refractivity (Wildman–Crippen MR) is 66.7 cm³/mol. The average molecular weight is 267 g/mol. The Hall–Kier alpha value is -2.08. The molecule has 0 aromatic carbocycles. The highest BCUT2D eigenvalue weighted by Gasteiger charge is 2.08. The summed E-state index contributed by atoms with van der Waals surface area (Å²) in [4.78, 5) is 18.8. The van der Waals surface area contributed by atoms with Crippen LogP contribution in [0.5, 0.6) is 0 Å². The van der Waals surface area contributed by atoms with Crippen molar-refractivity contribution in [1.82, 2.24) is 14.5 Å². The van der Waals surface area contributed by atoms with Crippen LogP contribution in [0.3, 0.4) is 0 Å². The second-order valence-electron chi connectivity index (χ2n) is 3.67. The molecule has 7 heteroatoms. The van der Waals surface area contributed by atoms with Gasteiger partial charge in [0.15, 0.2) is 0 Å². The highest BCUT2D eigenvalue weighted by molar-refractivity contribution is 6.33. The van der Waals surface area contributed by atoms with Gasteiger partial charge in [0, 0.05) is 25.6 Å². The zero-order valence-corrected chi connectivity index (χ0v) is 10.3. The van der Waals surface area contributed by atoms with E-state index in [1.54, 1.807) is 6.20 Å². The van der Waals surface area contributed by atoms with E-state index in [2.05, 4.69) is 15.3 Å². The van der Waals surface area contributed by atoms with Gasteiger partial charge < -0.3 is 15.0 Å². The minimum Gasteiger partial charge on any atom is -0.478 e. The Morgan fingerprint density at radius 2 is 2.33 bits per heavy atom. The van der Waals surface area contributed by atoms with Crippen molar-refractivity contribution >= 4 is 23.4 Å². The van der Waals surface area contributed by atoms with Crippen molar-refractivity contribution in [2.75, 3.05) is 5.32 Å². The first-order chi connectivity index (χ1) is 8.58. The van der Waals surface area contributed by atoms with Gasteiger partial charge in [0.05, 0.1) is 17.1 Å². The van der Waals surface area contributed by atoms with E-state index in [9.17, 15) is 4.79 Å². The maximum atomic E-state index is 10.7. The fourth-order valence-electron chi connectivity index (χ4n) is 1.41. The lowest BCUT2D eigenvalue weighted by Crippen LogP contribution is -2.08. The number of halogens is 1. The summed E-state index contributed by atoms with van der Waals surface area (Å²) < 4.78 is 1.87. The number of hydrogen-bond acceptors (Lipinski definition) is 4. The second-order valence-corrected chi connectivity index (χ2v) is 4.07. The molecule has 0 unspecified atom stereocenters. The van der Waals surface area contributed by atoms with Crippen molar-refractivity contribution in [2.45, 2.75) is 6.54 Å². The third-order valence-corrected chi connectivity index (χ3v) is 2.71. The van der Waals surface area contributed by atoms with Gasteiger partial charge >= 0.3 is 5.97 Å². The summed E-state index contributed by atoms with van der Waals surface area (Å²) in [7, 11) is 1.88. The molecule has 0 amide bonds. The number of imidazole rings is 1. The van der Waals surface area contributed by atoms with Gasteiger partial charge in [0.2, 0.25) is 0 Å². The normalized spacial score (nSPS) is 10.3. The smallest absolute Gasteiger partial charge is 0.337 e. The number of hydrogen-bond donors (Lipinski definition) is 2. The number of pyridine rings is 1. The molecule has 2 rings (SSSR count). The van der Waals surface area contributed by atoms with Gasteiger partial charge in [0.1, 0.15) is 11.6 Å². The molecule has 0 saturated carbocycles. The molecular weight excluding hydrogens is 256 g/mol. The first-order valence-corrected chi connectivity index (χ1v) is 5.54. The second kappa shape index (κ2) is 5.05. The average Bonchev–Trinajstić information content (AvgIpc) is 2.73. The molecule has 0 aliphatic heterocycles. The minimum absolute atomic E-state index is 0.0579. The van der Waals surface area contributed by atoms with Crippen molar-refractivity contribution < 1.29 is 9.90 Å². The summed E-state index contributed by atoms with van der Waals surface area (Å²) in [5, 5.41) is 12.1. The number of aryl methyl sites for hydroxylation is 1. The Labute approximate surface area is 108 Å². The van der Waals surface area contributed by atoms with Crippen molar-refractivity contribution in [3.63, 3.8) is 0 Å². The number of nitrogens with zero attached hydrogens (tertiary/aromatic N) is 3. The van der Waals surface area contributed by atoms with Crippen LogP contribution in [-0.4, -0.2) is 25.6 Å². The van der Waals surface area contributed by atoms with Crippen LogP contribution in [-0.2, 0) is 13.6 Å². The van der Waals surface area contributed by atoms with Crippen molar-refractivity contribution in [2.24, 2.45) is 7.05 Å². The van der Waals surface area contributed by atoms with Crippen molar-refractivity contribution in [1.29, 1.82) is 0 Å². The molecule has 18 heavy (non-hydrogen) atoms.